The zero-order chi connectivity index (χ0) is 12.3. The lowest BCUT2D eigenvalue weighted by Crippen LogP contribution is -2.44. The van der Waals surface area contributed by atoms with Crippen molar-refractivity contribution in [3.05, 3.63) is 30.1 Å². The van der Waals surface area contributed by atoms with E-state index in [0.717, 1.165) is 0 Å². The molecule has 1 heterocycles. The lowest BCUT2D eigenvalue weighted by molar-refractivity contribution is 0.138. The highest BCUT2D eigenvalue weighted by Crippen LogP contribution is 2.17. The first-order valence-corrected chi connectivity index (χ1v) is 5.14. The summed E-state index contributed by atoms with van der Waals surface area (Å²) in [6, 6.07) is 5.14. The molecule has 1 aromatic rings. The van der Waals surface area contributed by atoms with E-state index in [-0.39, 0.29) is 12.4 Å². The number of hydrogen-bond acceptors (Lipinski definition) is 3. The quantitative estimate of drug-likeness (QED) is 0.835. The Hall–Kier alpha value is -1.82. The van der Waals surface area contributed by atoms with Crippen LogP contribution in [-0.4, -0.2) is 36.6 Å². The predicted molar refractivity (Wildman–Crippen MR) is 56.6 cm³/mol. The summed E-state index contributed by atoms with van der Waals surface area (Å²) in [7, 11) is 0. The van der Waals surface area contributed by atoms with Crippen molar-refractivity contribution < 1.29 is 23.8 Å². The molecule has 0 spiro atoms. The molecule has 2 rings (SSSR count). The molecule has 1 saturated heterocycles. The van der Waals surface area contributed by atoms with Gasteiger partial charge in [-0.3, -0.25) is 0 Å². The van der Waals surface area contributed by atoms with E-state index in [4.69, 9.17) is 14.6 Å². The minimum absolute atomic E-state index is 0.276. The van der Waals surface area contributed by atoms with Crippen LogP contribution in [-0.2, 0) is 4.74 Å². The second kappa shape index (κ2) is 5.01. The van der Waals surface area contributed by atoms with E-state index < -0.39 is 18.2 Å². The minimum Gasteiger partial charge on any atom is -0.486 e. The largest absolute Gasteiger partial charge is 0.486 e. The second-order valence-electron chi connectivity index (χ2n) is 3.70. The van der Waals surface area contributed by atoms with Gasteiger partial charge >= 0.3 is 6.09 Å². The molecule has 0 aromatic heterocycles. The fraction of sp³-hybridized carbons (Fsp3) is 0.364. The maximum Gasteiger partial charge on any atom is 0.405 e. The van der Waals surface area contributed by atoms with Crippen LogP contribution in [0.2, 0.25) is 0 Å². The summed E-state index contributed by atoms with van der Waals surface area (Å²) < 4.78 is 23.3. The van der Waals surface area contributed by atoms with Gasteiger partial charge in [-0.2, -0.15) is 0 Å². The van der Waals surface area contributed by atoms with Crippen molar-refractivity contribution in [2.75, 3.05) is 13.2 Å². The molecule has 1 amide bonds. The number of carboxylic acid groups (broad SMARTS) is 1. The van der Waals surface area contributed by atoms with Crippen LogP contribution < -0.4 is 10.1 Å². The molecular weight excluding hydrogens is 229 g/mol. The molecule has 0 aliphatic carbocycles. The van der Waals surface area contributed by atoms with Crippen LogP contribution in [0.3, 0.4) is 0 Å². The Morgan fingerprint density at radius 2 is 2.12 bits per heavy atom. The highest BCUT2D eigenvalue weighted by Gasteiger charge is 2.31. The smallest absolute Gasteiger partial charge is 0.405 e. The van der Waals surface area contributed by atoms with E-state index in [2.05, 4.69) is 5.32 Å². The van der Waals surface area contributed by atoms with Crippen molar-refractivity contribution >= 4 is 6.09 Å². The van der Waals surface area contributed by atoms with Crippen molar-refractivity contribution in [1.29, 1.82) is 0 Å². The Kier molecular flexibility index (Phi) is 3.43. The van der Waals surface area contributed by atoms with E-state index in [0.29, 0.717) is 12.4 Å². The first-order chi connectivity index (χ1) is 8.15. The van der Waals surface area contributed by atoms with Gasteiger partial charge in [-0.1, -0.05) is 0 Å². The molecule has 6 heteroatoms. The topological polar surface area (TPSA) is 67.8 Å². The molecule has 1 fully saturated rings. The molecule has 0 bridgehead atoms. The van der Waals surface area contributed by atoms with E-state index in [1.165, 1.54) is 24.3 Å². The molecule has 5 nitrogen and oxygen atoms in total. The van der Waals surface area contributed by atoms with Crippen molar-refractivity contribution in [3.63, 3.8) is 0 Å². The number of amides is 1. The molecule has 0 radical (unpaired) electrons. The summed E-state index contributed by atoms with van der Waals surface area (Å²) in [5, 5.41) is 10.9. The lowest BCUT2D eigenvalue weighted by Gasteiger charge is -2.19. The molecular formula is C11H12FNO4. The molecule has 0 unspecified atom stereocenters. The van der Waals surface area contributed by atoms with Crippen LogP contribution in [0.5, 0.6) is 5.75 Å². The van der Waals surface area contributed by atoms with Gasteiger partial charge in [-0.25, -0.2) is 9.18 Å². The fourth-order valence-corrected chi connectivity index (χ4v) is 1.63. The number of nitrogens with one attached hydrogen (secondary N) is 1. The number of ether oxygens (including phenoxy) is 2. The van der Waals surface area contributed by atoms with Gasteiger partial charge in [0.15, 0.2) is 0 Å². The first-order valence-electron chi connectivity index (χ1n) is 5.14. The molecule has 1 aromatic carbocycles. The van der Waals surface area contributed by atoms with E-state index in [1.807, 2.05) is 0 Å². The van der Waals surface area contributed by atoms with Crippen LogP contribution in [0.4, 0.5) is 9.18 Å². The van der Waals surface area contributed by atoms with Gasteiger partial charge in [0.2, 0.25) is 0 Å². The number of halogens is 1. The SMILES string of the molecule is O=C(O)N[C@H]1COC[C@@H]1Oc1ccc(F)cc1. The predicted octanol–water partition coefficient (Wildman–Crippen LogP) is 1.24. The van der Waals surface area contributed by atoms with Crippen molar-refractivity contribution in [3.8, 4) is 5.75 Å². The molecule has 1 aliphatic rings. The highest BCUT2D eigenvalue weighted by atomic mass is 19.1. The van der Waals surface area contributed by atoms with E-state index >= 15 is 0 Å². The summed E-state index contributed by atoms with van der Waals surface area (Å²) in [5.41, 5.74) is 0. The van der Waals surface area contributed by atoms with Crippen LogP contribution in [0, 0.1) is 5.82 Å². The third kappa shape index (κ3) is 3.07. The van der Waals surface area contributed by atoms with Crippen LogP contribution in [0.15, 0.2) is 24.3 Å². The third-order valence-corrected chi connectivity index (χ3v) is 2.44. The standard InChI is InChI=1S/C11H12FNO4/c12-7-1-3-8(4-2-7)17-10-6-16-5-9(10)13-11(14)15/h1-4,9-10,13H,5-6H2,(H,14,15)/t9-,10-/m0/s1. The number of benzene rings is 1. The Labute approximate surface area is 97.1 Å². The monoisotopic (exact) mass is 241 g/mol. The highest BCUT2D eigenvalue weighted by molar-refractivity contribution is 5.65. The Bertz CT molecular complexity index is 395. The summed E-state index contributed by atoms with van der Waals surface area (Å²) in [4.78, 5) is 10.5. The average Bonchev–Trinajstić information content (AvgIpc) is 2.68. The number of hydrogen-bond donors (Lipinski definition) is 2. The Morgan fingerprint density at radius 3 is 2.76 bits per heavy atom. The normalized spacial score (nSPS) is 23.4. The number of carbonyl (C=O) groups is 1. The Morgan fingerprint density at radius 1 is 1.41 bits per heavy atom. The Balaban J connectivity index is 1.97. The molecule has 17 heavy (non-hydrogen) atoms. The summed E-state index contributed by atoms with van der Waals surface area (Å²) >= 11 is 0. The van der Waals surface area contributed by atoms with Crippen molar-refractivity contribution in [2.24, 2.45) is 0 Å². The zero-order valence-corrected chi connectivity index (χ0v) is 8.93. The van der Waals surface area contributed by atoms with Gasteiger partial charge in [-0.15, -0.1) is 0 Å². The average molecular weight is 241 g/mol. The van der Waals surface area contributed by atoms with E-state index in [1.54, 1.807) is 0 Å². The lowest BCUT2D eigenvalue weighted by atomic mass is 10.2. The zero-order valence-electron chi connectivity index (χ0n) is 8.93. The van der Waals surface area contributed by atoms with Crippen LogP contribution in [0.1, 0.15) is 0 Å². The molecule has 2 atom stereocenters. The summed E-state index contributed by atoms with van der Waals surface area (Å²) in [6.45, 7) is 0.584. The van der Waals surface area contributed by atoms with Crippen molar-refractivity contribution in [1.82, 2.24) is 5.32 Å². The van der Waals surface area contributed by atoms with E-state index in [9.17, 15) is 9.18 Å². The molecule has 1 aliphatic heterocycles. The van der Waals surface area contributed by atoms with Gasteiger partial charge in [-0.05, 0) is 24.3 Å². The maximum absolute atomic E-state index is 12.7. The number of rotatable bonds is 3. The van der Waals surface area contributed by atoms with Crippen LogP contribution in [0.25, 0.3) is 0 Å². The maximum atomic E-state index is 12.7. The summed E-state index contributed by atoms with van der Waals surface area (Å²) in [5.74, 6) is 0.138. The minimum atomic E-state index is -1.12. The summed E-state index contributed by atoms with van der Waals surface area (Å²) in [6.07, 6.45) is -1.51. The second-order valence-corrected chi connectivity index (χ2v) is 3.70. The van der Waals surface area contributed by atoms with Gasteiger partial charge < -0.3 is 19.9 Å². The molecule has 92 valence electrons. The van der Waals surface area contributed by atoms with Gasteiger partial charge in [0.25, 0.3) is 0 Å². The fourth-order valence-electron chi connectivity index (χ4n) is 1.63. The first kappa shape index (κ1) is 11.7. The van der Waals surface area contributed by atoms with Gasteiger partial charge in [0, 0.05) is 0 Å². The molecule has 2 N–H and O–H groups in total. The van der Waals surface area contributed by atoms with Gasteiger partial charge in [0.05, 0.1) is 19.3 Å². The molecule has 0 saturated carbocycles. The van der Waals surface area contributed by atoms with Gasteiger partial charge in [0.1, 0.15) is 17.7 Å². The third-order valence-electron chi connectivity index (χ3n) is 2.44. The van der Waals surface area contributed by atoms with Crippen LogP contribution >= 0.6 is 0 Å². The van der Waals surface area contributed by atoms with Crippen molar-refractivity contribution in [2.45, 2.75) is 12.1 Å².